The second-order valence-corrected chi connectivity index (χ2v) is 3.61. The van der Waals surface area contributed by atoms with Crippen LogP contribution in [0.2, 0.25) is 0 Å². The van der Waals surface area contributed by atoms with Crippen molar-refractivity contribution in [1.82, 2.24) is 0 Å². The van der Waals surface area contributed by atoms with Gasteiger partial charge in [0.25, 0.3) is 0 Å². The summed E-state index contributed by atoms with van der Waals surface area (Å²) in [4.78, 5) is 11.2. The molecule has 0 N–H and O–H groups in total. The van der Waals surface area contributed by atoms with Crippen LogP contribution < -0.4 is 0 Å². The second-order valence-electron chi connectivity index (χ2n) is 3.61. The molecule has 1 atom stereocenters. The van der Waals surface area contributed by atoms with Gasteiger partial charge in [0, 0.05) is 0 Å². The van der Waals surface area contributed by atoms with Gasteiger partial charge in [-0.2, -0.15) is 0 Å². The van der Waals surface area contributed by atoms with Crippen molar-refractivity contribution in [3.8, 4) is 0 Å². The number of esters is 1. The predicted molar refractivity (Wildman–Crippen MR) is 43.1 cm³/mol. The van der Waals surface area contributed by atoms with E-state index in [1.54, 1.807) is 0 Å². The maximum Gasteiger partial charge on any atom is 0.309 e. The van der Waals surface area contributed by atoms with Crippen molar-refractivity contribution < 1.29 is 9.53 Å². The number of hydrogen-bond acceptors (Lipinski definition) is 2. The Morgan fingerprint density at radius 3 is 2.27 bits per heavy atom. The first kappa shape index (κ1) is 8.57. The van der Waals surface area contributed by atoms with Crippen molar-refractivity contribution in [3.05, 3.63) is 0 Å². The standard InChI is InChI=1S/C9H16O2/c1-6(2)11-9(10)7(3)8-4-5-8/h6-8H,4-5H2,1-3H3. The Morgan fingerprint density at radius 1 is 1.36 bits per heavy atom. The molecule has 0 aliphatic heterocycles. The molecule has 0 radical (unpaired) electrons. The highest BCUT2D eigenvalue weighted by atomic mass is 16.5. The molecule has 1 rings (SSSR count). The number of hydrogen-bond donors (Lipinski definition) is 0. The van der Waals surface area contributed by atoms with Crippen LogP contribution in [0.5, 0.6) is 0 Å². The third-order valence-electron chi connectivity index (χ3n) is 2.05. The molecular formula is C9H16O2. The molecule has 11 heavy (non-hydrogen) atoms. The van der Waals surface area contributed by atoms with Crippen LogP contribution in [-0.2, 0) is 9.53 Å². The van der Waals surface area contributed by atoms with Crippen molar-refractivity contribution in [2.24, 2.45) is 11.8 Å². The fraction of sp³-hybridized carbons (Fsp3) is 0.889. The summed E-state index contributed by atoms with van der Waals surface area (Å²) in [7, 11) is 0. The smallest absolute Gasteiger partial charge is 0.309 e. The Balaban J connectivity index is 2.27. The molecule has 2 nitrogen and oxygen atoms in total. The van der Waals surface area contributed by atoms with Gasteiger partial charge in [-0.1, -0.05) is 6.92 Å². The van der Waals surface area contributed by atoms with E-state index in [4.69, 9.17) is 4.74 Å². The highest BCUT2D eigenvalue weighted by molar-refractivity contribution is 5.72. The molecule has 1 aliphatic carbocycles. The average molecular weight is 156 g/mol. The summed E-state index contributed by atoms with van der Waals surface area (Å²) < 4.78 is 5.07. The highest BCUT2D eigenvalue weighted by Crippen LogP contribution is 2.37. The van der Waals surface area contributed by atoms with E-state index in [1.165, 1.54) is 12.8 Å². The van der Waals surface area contributed by atoms with Gasteiger partial charge in [-0.05, 0) is 32.6 Å². The van der Waals surface area contributed by atoms with Crippen LogP contribution in [0.25, 0.3) is 0 Å². The molecule has 0 saturated heterocycles. The fourth-order valence-corrected chi connectivity index (χ4v) is 1.13. The van der Waals surface area contributed by atoms with Crippen LogP contribution in [0.15, 0.2) is 0 Å². The average Bonchev–Trinajstić information content (AvgIpc) is 2.65. The Morgan fingerprint density at radius 2 is 1.91 bits per heavy atom. The van der Waals surface area contributed by atoms with E-state index in [0.717, 1.165) is 0 Å². The fourth-order valence-electron chi connectivity index (χ4n) is 1.13. The molecule has 0 bridgehead atoms. The largest absolute Gasteiger partial charge is 0.463 e. The minimum Gasteiger partial charge on any atom is -0.463 e. The number of carbonyl (C=O) groups is 1. The van der Waals surface area contributed by atoms with Crippen LogP contribution in [0.1, 0.15) is 33.6 Å². The third kappa shape index (κ3) is 2.52. The van der Waals surface area contributed by atoms with E-state index in [0.29, 0.717) is 5.92 Å². The van der Waals surface area contributed by atoms with E-state index in [-0.39, 0.29) is 18.0 Å². The Hall–Kier alpha value is -0.530. The van der Waals surface area contributed by atoms with E-state index in [9.17, 15) is 4.79 Å². The quantitative estimate of drug-likeness (QED) is 0.584. The molecule has 0 aromatic heterocycles. The first-order valence-corrected chi connectivity index (χ1v) is 4.31. The van der Waals surface area contributed by atoms with Gasteiger partial charge in [0.2, 0.25) is 0 Å². The Labute approximate surface area is 67.9 Å². The normalized spacial score (nSPS) is 20.0. The number of carbonyl (C=O) groups excluding carboxylic acids is 1. The Kier molecular flexibility index (Phi) is 2.53. The molecule has 0 amide bonds. The molecular weight excluding hydrogens is 140 g/mol. The first-order valence-electron chi connectivity index (χ1n) is 4.31. The lowest BCUT2D eigenvalue weighted by Gasteiger charge is -2.12. The molecule has 0 spiro atoms. The summed E-state index contributed by atoms with van der Waals surface area (Å²) in [6, 6.07) is 0. The summed E-state index contributed by atoms with van der Waals surface area (Å²) in [5.41, 5.74) is 0. The minimum absolute atomic E-state index is 0.0255. The molecule has 1 fully saturated rings. The van der Waals surface area contributed by atoms with E-state index in [2.05, 4.69) is 0 Å². The maximum absolute atomic E-state index is 11.2. The SMILES string of the molecule is CC(C)OC(=O)C(C)C1CC1. The van der Waals surface area contributed by atoms with E-state index in [1.807, 2.05) is 20.8 Å². The zero-order chi connectivity index (χ0) is 8.43. The lowest BCUT2D eigenvalue weighted by molar-refractivity contribution is -0.152. The van der Waals surface area contributed by atoms with E-state index >= 15 is 0 Å². The molecule has 0 aromatic carbocycles. The molecule has 64 valence electrons. The summed E-state index contributed by atoms with van der Waals surface area (Å²) in [5.74, 6) is 0.709. The lowest BCUT2D eigenvalue weighted by Crippen LogP contribution is -2.20. The summed E-state index contributed by atoms with van der Waals surface area (Å²) >= 11 is 0. The van der Waals surface area contributed by atoms with Crippen molar-refractivity contribution in [1.29, 1.82) is 0 Å². The molecule has 1 saturated carbocycles. The first-order chi connectivity index (χ1) is 5.11. The zero-order valence-electron chi connectivity index (χ0n) is 7.46. The zero-order valence-corrected chi connectivity index (χ0v) is 7.46. The Bertz CT molecular complexity index is 148. The van der Waals surface area contributed by atoms with Gasteiger partial charge in [0.1, 0.15) is 0 Å². The summed E-state index contributed by atoms with van der Waals surface area (Å²) in [6.07, 6.45) is 2.44. The molecule has 1 aliphatic rings. The van der Waals surface area contributed by atoms with Crippen molar-refractivity contribution in [2.45, 2.75) is 39.7 Å². The number of ether oxygens (including phenoxy) is 1. The topological polar surface area (TPSA) is 26.3 Å². The molecule has 2 heteroatoms. The van der Waals surface area contributed by atoms with Crippen molar-refractivity contribution in [3.63, 3.8) is 0 Å². The van der Waals surface area contributed by atoms with Gasteiger partial charge in [-0.15, -0.1) is 0 Å². The van der Waals surface area contributed by atoms with Gasteiger partial charge >= 0.3 is 5.97 Å². The number of rotatable bonds is 3. The third-order valence-corrected chi connectivity index (χ3v) is 2.05. The van der Waals surface area contributed by atoms with Gasteiger partial charge in [-0.25, -0.2) is 0 Å². The van der Waals surface area contributed by atoms with Gasteiger partial charge in [0.05, 0.1) is 12.0 Å². The molecule has 0 aromatic rings. The summed E-state index contributed by atoms with van der Waals surface area (Å²) in [6.45, 7) is 5.73. The van der Waals surface area contributed by atoms with Crippen molar-refractivity contribution in [2.75, 3.05) is 0 Å². The minimum atomic E-state index is -0.0255. The maximum atomic E-state index is 11.2. The van der Waals surface area contributed by atoms with Crippen LogP contribution in [0, 0.1) is 11.8 Å². The van der Waals surface area contributed by atoms with Crippen LogP contribution in [0.3, 0.4) is 0 Å². The predicted octanol–water partition coefficient (Wildman–Crippen LogP) is 1.98. The van der Waals surface area contributed by atoms with Crippen LogP contribution >= 0.6 is 0 Å². The molecule has 1 unspecified atom stereocenters. The van der Waals surface area contributed by atoms with Crippen LogP contribution in [-0.4, -0.2) is 12.1 Å². The lowest BCUT2D eigenvalue weighted by atomic mass is 10.1. The summed E-state index contributed by atoms with van der Waals surface area (Å²) in [5, 5.41) is 0. The van der Waals surface area contributed by atoms with Gasteiger partial charge in [0.15, 0.2) is 0 Å². The van der Waals surface area contributed by atoms with Gasteiger partial charge < -0.3 is 4.74 Å². The van der Waals surface area contributed by atoms with E-state index < -0.39 is 0 Å². The monoisotopic (exact) mass is 156 g/mol. The van der Waals surface area contributed by atoms with Gasteiger partial charge in [-0.3, -0.25) is 4.79 Å². The van der Waals surface area contributed by atoms with Crippen molar-refractivity contribution >= 4 is 5.97 Å². The highest BCUT2D eigenvalue weighted by Gasteiger charge is 2.33. The second kappa shape index (κ2) is 3.24. The molecule has 0 heterocycles. The van der Waals surface area contributed by atoms with Crippen LogP contribution in [0.4, 0.5) is 0 Å².